The smallest absolute Gasteiger partial charge is 0.303 e. The molecule has 0 aromatic heterocycles. The highest BCUT2D eigenvalue weighted by Gasteiger charge is 2.13. The van der Waals surface area contributed by atoms with E-state index in [4.69, 9.17) is 10.2 Å². The monoisotopic (exact) mass is 402 g/mol. The number of rotatable bonds is 22. The van der Waals surface area contributed by atoms with Crippen LogP contribution in [0.5, 0.6) is 0 Å². The number of carbonyl (C=O) groups is 1. The van der Waals surface area contributed by atoms with E-state index in [0.717, 1.165) is 25.7 Å². The van der Waals surface area contributed by atoms with Gasteiger partial charge >= 0.3 is 5.97 Å². The molecule has 0 aromatic carbocycles. The van der Waals surface area contributed by atoms with E-state index in [1.54, 1.807) is 0 Å². The first-order chi connectivity index (χ1) is 13.6. The lowest BCUT2D eigenvalue weighted by atomic mass is 10.0. The second-order valence-corrected chi connectivity index (χ2v) is 8.26. The number of unbranched alkanes of at least 4 members (excludes halogenated alkanes) is 16. The normalized spacial score (nSPS) is 13.5. The third-order valence-corrected chi connectivity index (χ3v) is 5.52. The first kappa shape index (κ1) is 27.4. The van der Waals surface area contributed by atoms with Gasteiger partial charge in [0.1, 0.15) is 6.10 Å². The van der Waals surface area contributed by atoms with E-state index >= 15 is 0 Å². The van der Waals surface area contributed by atoms with Crippen LogP contribution in [0.4, 0.5) is 0 Å². The van der Waals surface area contributed by atoms with Gasteiger partial charge in [-0.1, -0.05) is 103 Å². The summed E-state index contributed by atoms with van der Waals surface area (Å²) in [6.07, 6.45) is 19.9. The van der Waals surface area contributed by atoms with Gasteiger partial charge in [-0.15, -0.1) is 0 Å². The highest BCUT2D eigenvalue weighted by molar-refractivity contribution is 5.66. The molecule has 0 saturated carbocycles. The predicted octanol–water partition coefficient (Wildman–Crippen LogP) is 5.20. The lowest BCUT2D eigenvalue weighted by molar-refractivity contribution is -0.137. The Hall–Kier alpha value is -0.650. The minimum Gasteiger partial charge on any atom is -0.481 e. The van der Waals surface area contributed by atoms with Crippen molar-refractivity contribution in [2.75, 3.05) is 6.61 Å². The van der Waals surface area contributed by atoms with E-state index < -0.39 is 18.2 Å². The van der Waals surface area contributed by atoms with Crippen LogP contribution in [0.3, 0.4) is 0 Å². The van der Waals surface area contributed by atoms with E-state index in [-0.39, 0.29) is 6.61 Å². The Kier molecular flexibility index (Phi) is 20.6. The van der Waals surface area contributed by atoms with Crippen molar-refractivity contribution in [3.05, 3.63) is 0 Å². The zero-order chi connectivity index (χ0) is 20.9. The molecule has 0 aliphatic carbocycles. The van der Waals surface area contributed by atoms with Gasteiger partial charge in [0.15, 0.2) is 0 Å². The third-order valence-electron chi connectivity index (χ3n) is 5.52. The summed E-state index contributed by atoms with van der Waals surface area (Å²) in [4.78, 5) is 10.4. The molecule has 0 aromatic rings. The summed E-state index contributed by atoms with van der Waals surface area (Å²) in [5.74, 6) is -0.674. The average Bonchev–Trinajstić information content (AvgIpc) is 2.68. The van der Waals surface area contributed by atoms with E-state index in [1.807, 2.05) is 0 Å². The molecular formula is C23H46O5. The van der Waals surface area contributed by atoms with Crippen LogP contribution in [-0.2, 0) is 4.79 Å². The van der Waals surface area contributed by atoms with E-state index in [9.17, 15) is 15.0 Å². The van der Waals surface area contributed by atoms with Crippen LogP contribution in [0, 0.1) is 0 Å². The largest absolute Gasteiger partial charge is 0.481 e. The Labute approximate surface area is 172 Å². The second kappa shape index (κ2) is 21.1. The van der Waals surface area contributed by atoms with E-state index in [1.165, 1.54) is 83.5 Å². The van der Waals surface area contributed by atoms with Crippen LogP contribution in [0.25, 0.3) is 0 Å². The molecule has 168 valence electrons. The van der Waals surface area contributed by atoms with Gasteiger partial charge in [0.2, 0.25) is 0 Å². The van der Waals surface area contributed by atoms with E-state index in [0.29, 0.717) is 12.8 Å². The molecule has 2 atom stereocenters. The SMILES string of the molecule is O=C(O)CCCCCCCCCCCCCCCCCCCC(O)C(O)CO. The van der Waals surface area contributed by atoms with Gasteiger partial charge in [0, 0.05) is 6.42 Å². The van der Waals surface area contributed by atoms with Crippen molar-refractivity contribution < 1.29 is 25.2 Å². The Morgan fingerprint density at radius 2 is 0.857 bits per heavy atom. The van der Waals surface area contributed by atoms with Crippen molar-refractivity contribution in [2.45, 2.75) is 134 Å². The van der Waals surface area contributed by atoms with Gasteiger partial charge in [-0.3, -0.25) is 4.79 Å². The van der Waals surface area contributed by atoms with Gasteiger partial charge in [0.05, 0.1) is 12.7 Å². The fourth-order valence-electron chi connectivity index (χ4n) is 3.60. The minimum absolute atomic E-state index is 0.320. The highest BCUT2D eigenvalue weighted by Crippen LogP contribution is 2.15. The molecule has 4 N–H and O–H groups in total. The first-order valence-corrected chi connectivity index (χ1v) is 11.8. The molecule has 5 nitrogen and oxygen atoms in total. The first-order valence-electron chi connectivity index (χ1n) is 11.8. The van der Waals surface area contributed by atoms with Crippen molar-refractivity contribution in [1.29, 1.82) is 0 Å². The molecule has 0 spiro atoms. The quantitative estimate of drug-likeness (QED) is 0.187. The van der Waals surface area contributed by atoms with Gasteiger partial charge in [-0.2, -0.15) is 0 Å². The third kappa shape index (κ3) is 20.1. The Morgan fingerprint density at radius 1 is 0.536 bits per heavy atom. The van der Waals surface area contributed by atoms with E-state index in [2.05, 4.69) is 0 Å². The standard InChI is InChI=1S/C23H46O5/c24-20-22(26)21(25)18-16-14-12-10-8-6-4-2-1-3-5-7-9-11-13-15-17-19-23(27)28/h21-22,24-26H,1-20H2,(H,27,28). The number of hydrogen-bond donors (Lipinski definition) is 4. The molecule has 2 unspecified atom stereocenters. The summed E-state index contributed by atoms with van der Waals surface area (Å²) in [6.45, 7) is -0.364. The van der Waals surface area contributed by atoms with Crippen molar-refractivity contribution in [3.8, 4) is 0 Å². The van der Waals surface area contributed by atoms with Crippen molar-refractivity contribution in [1.82, 2.24) is 0 Å². The maximum absolute atomic E-state index is 10.4. The average molecular weight is 403 g/mol. The zero-order valence-electron chi connectivity index (χ0n) is 18.0. The van der Waals surface area contributed by atoms with Crippen molar-refractivity contribution in [2.24, 2.45) is 0 Å². The summed E-state index contributed by atoms with van der Waals surface area (Å²) >= 11 is 0. The van der Waals surface area contributed by atoms with Crippen molar-refractivity contribution in [3.63, 3.8) is 0 Å². The molecule has 5 heteroatoms. The molecule has 0 saturated heterocycles. The predicted molar refractivity (Wildman–Crippen MR) is 114 cm³/mol. The summed E-state index contributed by atoms with van der Waals surface area (Å²) in [6, 6.07) is 0. The minimum atomic E-state index is -0.990. The fourth-order valence-corrected chi connectivity index (χ4v) is 3.60. The molecule has 0 rings (SSSR count). The molecule has 0 amide bonds. The topological polar surface area (TPSA) is 98.0 Å². The van der Waals surface area contributed by atoms with Crippen LogP contribution >= 0.6 is 0 Å². The number of carboxylic acid groups (broad SMARTS) is 1. The molecule has 0 bridgehead atoms. The van der Waals surface area contributed by atoms with Crippen LogP contribution in [-0.4, -0.2) is 45.2 Å². The molecule has 0 radical (unpaired) electrons. The van der Waals surface area contributed by atoms with Crippen LogP contribution < -0.4 is 0 Å². The lowest BCUT2D eigenvalue weighted by Gasteiger charge is -2.14. The fraction of sp³-hybridized carbons (Fsp3) is 0.957. The Balaban J connectivity index is 3.09. The molecule has 0 heterocycles. The summed E-state index contributed by atoms with van der Waals surface area (Å²) in [7, 11) is 0. The summed E-state index contributed by atoms with van der Waals surface area (Å²) in [5.41, 5.74) is 0. The van der Waals surface area contributed by atoms with Crippen molar-refractivity contribution >= 4 is 5.97 Å². The molecular weight excluding hydrogens is 356 g/mol. The molecule has 0 aliphatic rings. The zero-order valence-corrected chi connectivity index (χ0v) is 18.0. The second-order valence-electron chi connectivity index (χ2n) is 8.26. The molecule has 0 fully saturated rings. The van der Waals surface area contributed by atoms with Crippen LogP contribution in [0.2, 0.25) is 0 Å². The number of aliphatic carboxylic acids is 1. The van der Waals surface area contributed by atoms with Gasteiger partial charge in [0.25, 0.3) is 0 Å². The Morgan fingerprint density at radius 3 is 1.18 bits per heavy atom. The number of aliphatic hydroxyl groups excluding tert-OH is 3. The Bertz CT molecular complexity index is 335. The van der Waals surface area contributed by atoms with Gasteiger partial charge in [-0.25, -0.2) is 0 Å². The summed E-state index contributed by atoms with van der Waals surface area (Å²) in [5, 5.41) is 36.1. The number of carboxylic acids is 1. The highest BCUT2D eigenvalue weighted by atomic mass is 16.4. The van der Waals surface area contributed by atoms with Gasteiger partial charge < -0.3 is 20.4 Å². The number of aliphatic hydroxyl groups is 3. The maximum Gasteiger partial charge on any atom is 0.303 e. The summed E-state index contributed by atoms with van der Waals surface area (Å²) < 4.78 is 0. The van der Waals surface area contributed by atoms with Gasteiger partial charge in [-0.05, 0) is 12.8 Å². The number of hydrogen-bond acceptors (Lipinski definition) is 4. The van der Waals surface area contributed by atoms with Crippen LogP contribution in [0.15, 0.2) is 0 Å². The van der Waals surface area contributed by atoms with Crippen LogP contribution in [0.1, 0.15) is 122 Å². The molecule has 28 heavy (non-hydrogen) atoms. The maximum atomic E-state index is 10.4. The molecule has 0 aliphatic heterocycles. The lowest BCUT2D eigenvalue weighted by Crippen LogP contribution is -2.28.